The van der Waals surface area contributed by atoms with Crippen molar-refractivity contribution in [3.63, 3.8) is 0 Å². The van der Waals surface area contributed by atoms with E-state index in [1.165, 1.54) is 45.3 Å². The molecular weight excluding hydrogens is 208 g/mol. The van der Waals surface area contributed by atoms with E-state index in [-0.39, 0.29) is 0 Å². The standard InChI is InChI=1S/C15H32N2/c1-13(2)5-6-15(4)16-9-12-17-10-7-14(3)8-11-17/h13-16H,5-12H2,1-4H3. The first kappa shape index (κ1) is 15.0. The molecule has 1 unspecified atom stereocenters. The normalized spacial score (nSPS) is 21.0. The summed E-state index contributed by atoms with van der Waals surface area (Å²) in [5, 5.41) is 3.65. The molecule has 1 N–H and O–H groups in total. The molecule has 1 atom stereocenters. The van der Waals surface area contributed by atoms with Gasteiger partial charge in [0.1, 0.15) is 0 Å². The van der Waals surface area contributed by atoms with Gasteiger partial charge in [-0.1, -0.05) is 20.8 Å². The lowest BCUT2D eigenvalue weighted by Crippen LogP contribution is -2.39. The van der Waals surface area contributed by atoms with Gasteiger partial charge in [0.2, 0.25) is 0 Å². The predicted molar refractivity (Wildman–Crippen MR) is 76.4 cm³/mol. The minimum Gasteiger partial charge on any atom is -0.313 e. The molecule has 1 aliphatic heterocycles. The van der Waals surface area contributed by atoms with Crippen molar-refractivity contribution in [2.75, 3.05) is 26.2 Å². The highest BCUT2D eigenvalue weighted by Gasteiger charge is 2.15. The number of nitrogens with one attached hydrogen (secondary N) is 1. The highest BCUT2D eigenvalue weighted by molar-refractivity contribution is 4.71. The van der Waals surface area contributed by atoms with Gasteiger partial charge in [-0.25, -0.2) is 0 Å². The Bertz CT molecular complexity index is 183. The molecule has 2 nitrogen and oxygen atoms in total. The fourth-order valence-electron chi connectivity index (χ4n) is 2.44. The van der Waals surface area contributed by atoms with Crippen LogP contribution in [0.2, 0.25) is 0 Å². The molecule has 1 aliphatic rings. The molecule has 0 amide bonds. The van der Waals surface area contributed by atoms with Gasteiger partial charge in [-0.2, -0.15) is 0 Å². The highest BCUT2D eigenvalue weighted by Crippen LogP contribution is 2.15. The van der Waals surface area contributed by atoms with Crippen molar-refractivity contribution in [1.82, 2.24) is 10.2 Å². The number of hydrogen-bond donors (Lipinski definition) is 1. The second-order valence-electron chi connectivity index (χ2n) is 6.35. The third kappa shape index (κ3) is 7.05. The molecule has 1 saturated heterocycles. The van der Waals surface area contributed by atoms with E-state index >= 15 is 0 Å². The van der Waals surface area contributed by atoms with Crippen LogP contribution in [0.1, 0.15) is 53.4 Å². The first-order valence-corrected chi connectivity index (χ1v) is 7.53. The molecule has 1 heterocycles. The van der Waals surface area contributed by atoms with Gasteiger partial charge in [-0.15, -0.1) is 0 Å². The van der Waals surface area contributed by atoms with Crippen LogP contribution in [0, 0.1) is 11.8 Å². The van der Waals surface area contributed by atoms with Crippen LogP contribution in [0.3, 0.4) is 0 Å². The van der Waals surface area contributed by atoms with Gasteiger partial charge >= 0.3 is 0 Å². The summed E-state index contributed by atoms with van der Waals surface area (Å²) in [5.74, 6) is 1.78. The number of rotatable bonds is 7. The van der Waals surface area contributed by atoms with Crippen LogP contribution in [0.4, 0.5) is 0 Å². The Morgan fingerprint density at radius 3 is 2.35 bits per heavy atom. The molecule has 0 aromatic carbocycles. The Morgan fingerprint density at radius 2 is 1.76 bits per heavy atom. The molecule has 1 fully saturated rings. The van der Waals surface area contributed by atoms with Crippen LogP contribution in [0.5, 0.6) is 0 Å². The van der Waals surface area contributed by atoms with Crippen molar-refractivity contribution in [2.24, 2.45) is 11.8 Å². The topological polar surface area (TPSA) is 15.3 Å². The Kier molecular flexibility index (Phi) is 7.14. The predicted octanol–water partition coefficient (Wildman–Crippen LogP) is 3.13. The Balaban J connectivity index is 1.99. The average molecular weight is 240 g/mol. The lowest BCUT2D eigenvalue weighted by atomic mass is 9.99. The molecular formula is C15H32N2. The van der Waals surface area contributed by atoms with Crippen LogP contribution < -0.4 is 5.32 Å². The van der Waals surface area contributed by atoms with E-state index < -0.39 is 0 Å². The second-order valence-corrected chi connectivity index (χ2v) is 6.35. The molecule has 0 spiro atoms. The van der Waals surface area contributed by atoms with E-state index in [0.717, 1.165) is 18.4 Å². The van der Waals surface area contributed by atoms with Crippen molar-refractivity contribution in [3.8, 4) is 0 Å². The third-order valence-electron chi connectivity index (χ3n) is 3.97. The summed E-state index contributed by atoms with van der Waals surface area (Å²) in [5.41, 5.74) is 0. The zero-order valence-electron chi connectivity index (χ0n) is 12.3. The summed E-state index contributed by atoms with van der Waals surface area (Å²) in [4.78, 5) is 2.61. The average Bonchev–Trinajstić information content (AvgIpc) is 2.29. The highest BCUT2D eigenvalue weighted by atomic mass is 15.1. The number of likely N-dealkylation sites (tertiary alicyclic amines) is 1. The Morgan fingerprint density at radius 1 is 1.12 bits per heavy atom. The maximum Gasteiger partial charge on any atom is 0.0107 e. The zero-order chi connectivity index (χ0) is 12.7. The summed E-state index contributed by atoms with van der Waals surface area (Å²) in [6.45, 7) is 14.3. The van der Waals surface area contributed by atoms with Crippen LogP contribution in [-0.4, -0.2) is 37.1 Å². The summed E-state index contributed by atoms with van der Waals surface area (Å²) >= 11 is 0. The van der Waals surface area contributed by atoms with Gasteiger partial charge in [-0.05, 0) is 57.5 Å². The summed E-state index contributed by atoms with van der Waals surface area (Å²) in [6, 6.07) is 0.682. The van der Waals surface area contributed by atoms with E-state index in [4.69, 9.17) is 0 Å². The van der Waals surface area contributed by atoms with Crippen LogP contribution in [0.25, 0.3) is 0 Å². The maximum absolute atomic E-state index is 3.65. The monoisotopic (exact) mass is 240 g/mol. The van der Waals surface area contributed by atoms with Crippen molar-refractivity contribution < 1.29 is 0 Å². The Hall–Kier alpha value is -0.0800. The molecule has 0 aromatic rings. The van der Waals surface area contributed by atoms with Crippen molar-refractivity contribution in [2.45, 2.75) is 59.4 Å². The van der Waals surface area contributed by atoms with Gasteiger partial charge in [0.25, 0.3) is 0 Å². The lowest BCUT2D eigenvalue weighted by molar-refractivity contribution is 0.191. The van der Waals surface area contributed by atoms with Crippen LogP contribution in [0.15, 0.2) is 0 Å². The van der Waals surface area contributed by atoms with E-state index in [1.54, 1.807) is 0 Å². The molecule has 2 heteroatoms. The summed E-state index contributed by atoms with van der Waals surface area (Å²) in [6.07, 6.45) is 5.44. The number of nitrogens with zero attached hydrogens (tertiary/aromatic N) is 1. The largest absolute Gasteiger partial charge is 0.313 e. The lowest BCUT2D eigenvalue weighted by Gasteiger charge is -2.30. The fraction of sp³-hybridized carbons (Fsp3) is 1.00. The SMILES string of the molecule is CC(C)CCC(C)NCCN1CCC(C)CC1. The molecule has 1 rings (SSSR count). The van der Waals surface area contributed by atoms with Gasteiger partial charge in [0.05, 0.1) is 0 Å². The first-order valence-electron chi connectivity index (χ1n) is 7.53. The van der Waals surface area contributed by atoms with Crippen LogP contribution >= 0.6 is 0 Å². The van der Waals surface area contributed by atoms with E-state index in [9.17, 15) is 0 Å². The van der Waals surface area contributed by atoms with Gasteiger partial charge in [0.15, 0.2) is 0 Å². The quantitative estimate of drug-likeness (QED) is 0.735. The number of piperidine rings is 1. The number of hydrogen-bond acceptors (Lipinski definition) is 2. The molecule has 17 heavy (non-hydrogen) atoms. The van der Waals surface area contributed by atoms with Crippen molar-refractivity contribution in [1.29, 1.82) is 0 Å². The first-order chi connectivity index (χ1) is 8.08. The summed E-state index contributed by atoms with van der Waals surface area (Å²) < 4.78 is 0. The smallest absolute Gasteiger partial charge is 0.0107 e. The molecule has 0 bridgehead atoms. The van der Waals surface area contributed by atoms with E-state index in [0.29, 0.717) is 6.04 Å². The van der Waals surface area contributed by atoms with Gasteiger partial charge in [0, 0.05) is 19.1 Å². The maximum atomic E-state index is 3.65. The van der Waals surface area contributed by atoms with Crippen molar-refractivity contribution >= 4 is 0 Å². The van der Waals surface area contributed by atoms with Gasteiger partial charge < -0.3 is 10.2 Å². The fourth-order valence-corrected chi connectivity index (χ4v) is 2.44. The Labute approximate surface area is 108 Å². The van der Waals surface area contributed by atoms with E-state index in [1.807, 2.05) is 0 Å². The summed E-state index contributed by atoms with van der Waals surface area (Å²) in [7, 11) is 0. The molecule has 0 saturated carbocycles. The minimum atomic E-state index is 0.682. The van der Waals surface area contributed by atoms with Crippen LogP contribution in [-0.2, 0) is 0 Å². The van der Waals surface area contributed by atoms with Gasteiger partial charge in [-0.3, -0.25) is 0 Å². The second kappa shape index (κ2) is 8.10. The minimum absolute atomic E-state index is 0.682. The third-order valence-corrected chi connectivity index (χ3v) is 3.97. The molecule has 0 radical (unpaired) electrons. The molecule has 0 aliphatic carbocycles. The molecule has 0 aromatic heterocycles. The molecule has 102 valence electrons. The zero-order valence-corrected chi connectivity index (χ0v) is 12.3. The van der Waals surface area contributed by atoms with E-state index in [2.05, 4.69) is 37.9 Å². The van der Waals surface area contributed by atoms with Crippen molar-refractivity contribution in [3.05, 3.63) is 0 Å².